The molecule has 0 radical (unpaired) electrons. The lowest BCUT2D eigenvalue weighted by Gasteiger charge is -2.20. The molecule has 1 aromatic carbocycles. The summed E-state index contributed by atoms with van der Waals surface area (Å²) in [4.78, 5) is 0. The summed E-state index contributed by atoms with van der Waals surface area (Å²) in [6, 6.07) is 4.38. The number of halogens is 2. The van der Waals surface area contributed by atoms with Crippen molar-refractivity contribution in [2.45, 2.75) is 38.8 Å². The van der Waals surface area contributed by atoms with E-state index in [-0.39, 0.29) is 24.3 Å². The van der Waals surface area contributed by atoms with E-state index in [4.69, 9.17) is 5.73 Å². The van der Waals surface area contributed by atoms with Crippen LogP contribution < -0.4 is 5.73 Å². The van der Waals surface area contributed by atoms with E-state index < -0.39 is 6.10 Å². The van der Waals surface area contributed by atoms with Gasteiger partial charge in [-0.2, -0.15) is 0 Å². The van der Waals surface area contributed by atoms with Crippen molar-refractivity contribution in [2.75, 3.05) is 0 Å². The quantitative estimate of drug-likeness (QED) is 0.860. The fourth-order valence-corrected chi connectivity index (χ4v) is 1.67. The molecule has 4 heteroatoms. The molecule has 2 nitrogen and oxygen atoms in total. The lowest BCUT2D eigenvalue weighted by atomic mass is 9.96. The smallest absolute Gasteiger partial charge is 0.126 e. The molecule has 0 aliphatic carbocycles. The first-order valence-corrected chi connectivity index (χ1v) is 5.26. The van der Waals surface area contributed by atoms with Gasteiger partial charge in [-0.3, -0.25) is 0 Å². The zero-order valence-electron chi connectivity index (χ0n) is 9.61. The zero-order chi connectivity index (χ0) is 11.4. The van der Waals surface area contributed by atoms with Crippen LogP contribution in [0, 0.1) is 12.7 Å². The standard InChI is InChI=1S/C12H18FNO.ClH/c1-3-5-11(14)12(15)9-6-4-7-10(13)8(9)2;/h4,6-7,11-12,15H,3,5,14H2,1-2H3;1H. The second-order valence-electron chi connectivity index (χ2n) is 3.85. The number of hydrogen-bond donors (Lipinski definition) is 2. The Morgan fingerprint density at radius 3 is 2.62 bits per heavy atom. The zero-order valence-corrected chi connectivity index (χ0v) is 10.4. The largest absolute Gasteiger partial charge is 0.387 e. The van der Waals surface area contributed by atoms with Gasteiger partial charge in [-0.05, 0) is 30.5 Å². The molecule has 0 aliphatic rings. The molecule has 0 spiro atoms. The van der Waals surface area contributed by atoms with Crippen molar-refractivity contribution in [3.05, 3.63) is 35.1 Å². The van der Waals surface area contributed by atoms with Crippen LogP contribution in [0.5, 0.6) is 0 Å². The Balaban J connectivity index is 0.00000225. The average Bonchev–Trinajstić information content (AvgIpc) is 2.21. The van der Waals surface area contributed by atoms with E-state index in [0.717, 1.165) is 12.8 Å². The number of aliphatic hydroxyl groups excluding tert-OH is 1. The fourth-order valence-electron chi connectivity index (χ4n) is 1.67. The van der Waals surface area contributed by atoms with Crippen molar-refractivity contribution in [1.82, 2.24) is 0 Å². The number of aliphatic hydroxyl groups is 1. The van der Waals surface area contributed by atoms with Gasteiger partial charge in [0.25, 0.3) is 0 Å². The van der Waals surface area contributed by atoms with Gasteiger partial charge in [-0.25, -0.2) is 4.39 Å². The molecule has 2 atom stereocenters. The molecule has 3 N–H and O–H groups in total. The summed E-state index contributed by atoms with van der Waals surface area (Å²) in [7, 11) is 0. The van der Waals surface area contributed by atoms with Crippen molar-refractivity contribution in [1.29, 1.82) is 0 Å². The van der Waals surface area contributed by atoms with E-state index in [1.54, 1.807) is 19.1 Å². The molecule has 0 saturated carbocycles. The third-order valence-corrected chi connectivity index (χ3v) is 2.66. The van der Waals surface area contributed by atoms with E-state index in [1.165, 1.54) is 6.07 Å². The summed E-state index contributed by atoms with van der Waals surface area (Å²) in [5, 5.41) is 9.93. The number of nitrogens with two attached hydrogens (primary N) is 1. The molecule has 0 amide bonds. The third-order valence-electron chi connectivity index (χ3n) is 2.66. The monoisotopic (exact) mass is 247 g/mol. The fraction of sp³-hybridized carbons (Fsp3) is 0.500. The Morgan fingerprint density at radius 2 is 2.06 bits per heavy atom. The maximum atomic E-state index is 13.2. The van der Waals surface area contributed by atoms with Gasteiger partial charge in [0.15, 0.2) is 0 Å². The second-order valence-corrected chi connectivity index (χ2v) is 3.85. The number of rotatable bonds is 4. The highest BCUT2D eigenvalue weighted by atomic mass is 35.5. The Kier molecular flexibility index (Phi) is 6.56. The predicted octanol–water partition coefficient (Wildman–Crippen LogP) is 2.72. The molecule has 1 aromatic rings. The summed E-state index contributed by atoms with van der Waals surface area (Å²) >= 11 is 0. The number of benzene rings is 1. The summed E-state index contributed by atoms with van der Waals surface area (Å²) in [6.45, 7) is 3.66. The highest BCUT2D eigenvalue weighted by molar-refractivity contribution is 5.85. The molecule has 0 saturated heterocycles. The molecule has 0 heterocycles. The van der Waals surface area contributed by atoms with Gasteiger partial charge in [0, 0.05) is 6.04 Å². The second kappa shape index (κ2) is 6.84. The summed E-state index contributed by atoms with van der Waals surface area (Å²) in [5.74, 6) is -0.296. The minimum atomic E-state index is -0.777. The summed E-state index contributed by atoms with van der Waals surface area (Å²) < 4.78 is 13.2. The van der Waals surface area contributed by atoms with Gasteiger partial charge in [-0.1, -0.05) is 25.5 Å². The van der Waals surface area contributed by atoms with Gasteiger partial charge in [0.05, 0.1) is 6.10 Å². The van der Waals surface area contributed by atoms with E-state index in [0.29, 0.717) is 11.1 Å². The van der Waals surface area contributed by atoms with Crippen molar-refractivity contribution in [2.24, 2.45) is 5.73 Å². The molecule has 92 valence electrons. The average molecular weight is 248 g/mol. The van der Waals surface area contributed by atoms with Crippen LogP contribution in [0.25, 0.3) is 0 Å². The first kappa shape index (κ1) is 15.4. The Hall–Kier alpha value is -0.640. The van der Waals surface area contributed by atoms with Crippen molar-refractivity contribution in [3.8, 4) is 0 Å². The van der Waals surface area contributed by atoms with E-state index in [9.17, 15) is 9.50 Å². The van der Waals surface area contributed by atoms with Crippen LogP contribution in [0.2, 0.25) is 0 Å². The van der Waals surface area contributed by atoms with Crippen LogP contribution in [0.1, 0.15) is 37.0 Å². The molecule has 16 heavy (non-hydrogen) atoms. The maximum absolute atomic E-state index is 13.2. The Labute approximate surface area is 102 Å². The predicted molar refractivity (Wildman–Crippen MR) is 66.2 cm³/mol. The van der Waals surface area contributed by atoms with Crippen LogP contribution in [-0.2, 0) is 0 Å². The molecule has 0 fully saturated rings. The highest BCUT2D eigenvalue weighted by Crippen LogP contribution is 2.23. The lowest BCUT2D eigenvalue weighted by Crippen LogP contribution is -2.28. The van der Waals surface area contributed by atoms with E-state index in [1.807, 2.05) is 6.92 Å². The molecule has 0 aromatic heterocycles. The minimum absolute atomic E-state index is 0. The van der Waals surface area contributed by atoms with Crippen LogP contribution in [-0.4, -0.2) is 11.1 Å². The maximum Gasteiger partial charge on any atom is 0.126 e. The van der Waals surface area contributed by atoms with Gasteiger partial charge in [-0.15, -0.1) is 12.4 Å². The van der Waals surface area contributed by atoms with Gasteiger partial charge < -0.3 is 10.8 Å². The van der Waals surface area contributed by atoms with Crippen LogP contribution in [0.4, 0.5) is 4.39 Å². The third kappa shape index (κ3) is 3.44. The first-order chi connectivity index (χ1) is 7.07. The van der Waals surface area contributed by atoms with Crippen molar-refractivity contribution >= 4 is 12.4 Å². The SMILES string of the molecule is CCCC(N)C(O)c1cccc(F)c1C.Cl. The topological polar surface area (TPSA) is 46.2 Å². The van der Waals surface area contributed by atoms with Gasteiger partial charge in [0.1, 0.15) is 5.82 Å². The first-order valence-electron chi connectivity index (χ1n) is 5.26. The molecular weight excluding hydrogens is 229 g/mol. The van der Waals surface area contributed by atoms with Crippen LogP contribution in [0.3, 0.4) is 0 Å². The van der Waals surface area contributed by atoms with Gasteiger partial charge >= 0.3 is 0 Å². The van der Waals surface area contributed by atoms with E-state index >= 15 is 0 Å². The molecular formula is C12H19ClFNO. The molecule has 0 bridgehead atoms. The molecule has 0 aliphatic heterocycles. The minimum Gasteiger partial charge on any atom is -0.387 e. The van der Waals surface area contributed by atoms with E-state index in [2.05, 4.69) is 0 Å². The van der Waals surface area contributed by atoms with Crippen LogP contribution in [0.15, 0.2) is 18.2 Å². The van der Waals surface area contributed by atoms with Crippen molar-refractivity contribution < 1.29 is 9.50 Å². The highest BCUT2D eigenvalue weighted by Gasteiger charge is 2.18. The molecule has 2 unspecified atom stereocenters. The molecule has 1 rings (SSSR count). The normalized spacial score (nSPS) is 14.1. The van der Waals surface area contributed by atoms with Crippen LogP contribution >= 0.6 is 12.4 Å². The van der Waals surface area contributed by atoms with Crippen molar-refractivity contribution in [3.63, 3.8) is 0 Å². The Morgan fingerprint density at radius 1 is 1.44 bits per heavy atom. The summed E-state index contributed by atoms with van der Waals surface area (Å²) in [6.07, 6.45) is 0.865. The summed E-state index contributed by atoms with van der Waals surface area (Å²) in [5.41, 5.74) is 6.88. The van der Waals surface area contributed by atoms with Gasteiger partial charge in [0.2, 0.25) is 0 Å². The lowest BCUT2D eigenvalue weighted by molar-refractivity contribution is 0.140. The Bertz CT molecular complexity index is 333. The number of hydrogen-bond acceptors (Lipinski definition) is 2.